The van der Waals surface area contributed by atoms with Crippen molar-refractivity contribution in [3.05, 3.63) is 88.7 Å². The van der Waals surface area contributed by atoms with Gasteiger partial charge in [-0.05, 0) is 44.2 Å². The zero-order chi connectivity index (χ0) is 25.1. The second kappa shape index (κ2) is 10.1. The molecule has 2 aromatic carbocycles. The molecule has 0 aliphatic carbocycles. The van der Waals surface area contributed by atoms with Gasteiger partial charge in [0.2, 0.25) is 0 Å². The van der Waals surface area contributed by atoms with Gasteiger partial charge in [-0.3, -0.25) is 9.36 Å². The van der Waals surface area contributed by atoms with Crippen molar-refractivity contribution in [1.29, 1.82) is 0 Å². The summed E-state index contributed by atoms with van der Waals surface area (Å²) in [6.45, 7) is 6.82. The Balaban J connectivity index is 1.63. The molecule has 0 saturated carbocycles. The Bertz CT molecular complexity index is 1430. The third-order valence-electron chi connectivity index (χ3n) is 6.36. The molecule has 1 aliphatic rings. The average molecular weight is 483 g/mol. The van der Waals surface area contributed by atoms with Crippen LogP contribution in [0.15, 0.2) is 77.6 Å². The molecule has 2 N–H and O–H groups in total. The lowest BCUT2D eigenvalue weighted by Gasteiger charge is -2.36. The molecular formula is C28H30N6O2. The van der Waals surface area contributed by atoms with Crippen molar-refractivity contribution in [2.24, 2.45) is 0 Å². The van der Waals surface area contributed by atoms with Gasteiger partial charge in [0.15, 0.2) is 5.43 Å². The summed E-state index contributed by atoms with van der Waals surface area (Å²) in [7, 11) is 0. The first-order valence-corrected chi connectivity index (χ1v) is 12.3. The molecule has 0 unspecified atom stereocenters. The van der Waals surface area contributed by atoms with Gasteiger partial charge in [-0.1, -0.05) is 36.4 Å². The normalized spacial score (nSPS) is 13.6. The number of pyridine rings is 2. The fourth-order valence-corrected chi connectivity index (χ4v) is 4.67. The molecule has 2 aromatic heterocycles. The summed E-state index contributed by atoms with van der Waals surface area (Å²) in [5.41, 5.74) is 3.36. The highest BCUT2D eigenvalue weighted by molar-refractivity contribution is 5.93. The van der Waals surface area contributed by atoms with Gasteiger partial charge < -0.3 is 20.4 Å². The zero-order valence-electron chi connectivity index (χ0n) is 20.6. The number of benzene rings is 2. The second-order valence-electron chi connectivity index (χ2n) is 8.85. The van der Waals surface area contributed by atoms with Gasteiger partial charge in [-0.15, -0.1) is 0 Å². The predicted molar refractivity (Wildman–Crippen MR) is 145 cm³/mol. The Kier molecular flexibility index (Phi) is 6.58. The van der Waals surface area contributed by atoms with Gasteiger partial charge in [0.1, 0.15) is 11.6 Å². The number of aromatic nitrogens is 2. The van der Waals surface area contributed by atoms with Crippen molar-refractivity contribution in [3.8, 4) is 5.69 Å². The minimum absolute atomic E-state index is 0.0535. The van der Waals surface area contributed by atoms with E-state index in [9.17, 15) is 9.59 Å². The third kappa shape index (κ3) is 4.62. The van der Waals surface area contributed by atoms with E-state index >= 15 is 0 Å². The molecule has 1 fully saturated rings. The Morgan fingerprint density at radius 2 is 1.61 bits per heavy atom. The van der Waals surface area contributed by atoms with Gasteiger partial charge in [0.25, 0.3) is 0 Å². The Hall–Kier alpha value is -4.33. The van der Waals surface area contributed by atoms with E-state index in [2.05, 4.69) is 20.1 Å². The van der Waals surface area contributed by atoms with Crippen LogP contribution >= 0.6 is 0 Å². The van der Waals surface area contributed by atoms with Crippen molar-refractivity contribution >= 4 is 34.3 Å². The fraction of sp³-hybridized carbons (Fsp3) is 0.250. The molecular weight excluding hydrogens is 452 g/mol. The molecule has 2 amide bonds. The number of hydrogen-bond acceptors (Lipinski definition) is 5. The van der Waals surface area contributed by atoms with E-state index < -0.39 is 0 Å². The molecule has 0 radical (unpaired) electrons. The van der Waals surface area contributed by atoms with E-state index in [1.165, 1.54) is 0 Å². The quantitative estimate of drug-likeness (QED) is 0.444. The highest BCUT2D eigenvalue weighted by Crippen LogP contribution is 2.30. The molecule has 0 spiro atoms. The van der Waals surface area contributed by atoms with Crippen molar-refractivity contribution in [3.63, 3.8) is 0 Å². The highest BCUT2D eigenvalue weighted by atomic mass is 16.2. The number of carbonyl (C=O) groups is 1. The monoisotopic (exact) mass is 482 g/mol. The Morgan fingerprint density at radius 1 is 0.944 bits per heavy atom. The SMILES string of the molecule is CCNC(=O)N1CCN(c2nc(C)cc3c2c(=O)cc(Nc2ccccc2)n3-c2ccccc2)CC1. The van der Waals surface area contributed by atoms with E-state index in [0.717, 1.165) is 22.6 Å². The topological polar surface area (TPSA) is 82.5 Å². The van der Waals surface area contributed by atoms with Crippen LogP contribution in [0.1, 0.15) is 12.6 Å². The number of amides is 2. The lowest BCUT2D eigenvalue weighted by atomic mass is 10.1. The van der Waals surface area contributed by atoms with Gasteiger partial charge in [-0.25, -0.2) is 9.78 Å². The van der Waals surface area contributed by atoms with Crippen LogP contribution in [-0.4, -0.2) is 53.2 Å². The van der Waals surface area contributed by atoms with Gasteiger partial charge in [0.05, 0.1) is 10.9 Å². The molecule has 8 nitrogen and oxygen atoms in total. The molecule has 4 aromatic rings. The van der Waals surface area contributed by atoms with Crippen LogP contribution in [0.5, 0.6) is 0 Å². The maximum atomic E-state index is 13.6. The Morgan fingerprint density at radius 3 is 2.28 bits per heavy atom. The van der Waals surface area contributed by atoms with Crippen molar-refractivity contribution in [1.82, 2.24) is 19.8 Å². The third-order valence-corrected chi connectivity index (χ3v) is 6.36. The van der Waals surface area contributed by atoms with Crippen LogP contribution < -0.4 is 21.0 Å². The molecule has 0 bridgehead atoms. The van der Waals surface area contributed by atoms with Crippen LogP contribution in [0.2, 0.25) is 0 Å². The lowest BCUT2D eigenvalue weighted by Crippen LogP contribution is -2.52. The van der Waals surface area contributed by atoms with Crippen LogP contribution in [0.25, 0.3) is 16.6 Å². The first-order chi connectivity index (χ1) is 17.5. The van der Waals surface area contributed by atoms with Crippen molar-refractivity contribution < 1.29 is 4.79 Å². The van der Waals surface area contributed by atoms with Gasteiger partial charge in [-0.2, -0.15) is 0 Å². The number of aryl methyl sites for hydroxylation is 1. The van der Waals surface area contributed by atoms with E-state index in [4.69, 9.17) is 4.98 Å². The minimum Gasteiger partial charge on any atom is -0.352 e. The molecule has 3 heterocycles. The number of hydrogen-bond donors (Lipinski definition) is 2. The van der Waals surface area contributed by atoms with Crippen LogP contribution in [0, 0.1) is 6.92 Å². The minimum atomic E-state index is -0.0933. The molecule has 1 saturated heterocycles. The lowest BCUT2D eigenvalue weighted by molar-refractivity contribution is 0.195. The number of piperazine rings is 1. The summed E-state index contributed by atoms with van der Waals surface area (Å²) in [6, 6.07) is 23.4. The van der Waals surface area contributed by atoms with Gasteiger partial charge in [0, 0.05) is 55.9 Å². The standard InChI is InChI=1S/C28H30N6O2/c1-3-29-28(36)33-16-14-32(15-17-33)27-26-23(18-20(2)30-27)34(22-12-8-5-9-13-22)25(19-24(26)35)31-21-10-6-4-7-11-21/h4-13,18-19,31H,3,14-17H2,1-2H3,(H,29,36). The molecule has 36 heavy (non-hydrogen) atoms. The number of rotatable bonds is 5. The maximum Gasteiger partial charge on any atom is 0.317 e. The number of para-hydroxylation sites is 2. The maximum absolute atomic E-state index is 13.6. The number of anilines is 3. The summed E-state index contributed by atoms with van der Waals surface area (Å²) >= 11 is 0. The second-order valence-corrected chi connectivity index (χ2v) is 8.85. The number of nitrogens with zero attached hydrogens (tertiary/aromatic N) is 4. The number of nitrogens with one attached hydrogen (secondary N) is 2. The summed E-state index contributed by atoms with van der Waals surface area (Å²) in [4.78, 5) is 34.6. The molecule has 184 valence electrons. The summed E-state index contributed by atoms with van der Waals surface area (Å²) in [6.07, 6.45) is 0. The molecule has 0 atom stereocenters. The first kappa shape index (κ1) is 23.4. The summed E-state index contributed by atoms with van der Waals surface area (Å²) in [5.74, 6) is 1.35. The van der Waals surface area contributed by atoms with E-state index in [-0.39, 0.29) is 11.5 Å². The molecule has 1 aliphatic heterocycles. The van der Waals surface area contributed by atoms with Crippen molar-refractivity contribution in [2.75, 3.05) is 42.9 Å². The number of carbonyl (C=O) groups excluding carboxylic acids is 1. The summed E-state index contributed by atoms with van der Waals surface area (Å²) in [5, 5.41) is 6.87. The van der Waals surface area contributed by atoms with Gasteiger partial charge >= 0.3 is 6.03 Å². The van der Waals surface area contributed by atoms with Crippen LogP contribution in [0.4, 0.5) is 22.1 Å². The van der Waals surface area contributed by atoms with Crippen LogP contribution in [0.3, 0.4) is 0 Å². The largest absolute Gasteiger partial charge is 0.352 e. The highest BCUT2D eigenvalue weighted by Gasteiger charge is 2.25. The Labute approximate surface area is 210 Å². The smallest absolute Gasteiger partial charge is 0.317 e. The first-order valence-electron chi connectivity index (χ1n) is 12.3. The van der Waals surface area contributed by atoms with E-state index in [1.54, 1.807) is 6.07 Å². The van der Waals surface area contributed by atoms with Crippen LogP contribution in [-0.2, 0) is 0 Å². The van der Waals surface area contributed by atoms with E-state index in [1.807, 2.05) is 85.5 Å². The number of urea groups is 1. The zero-order valence-corrected chi connectivity index (χ0v) is 20.6. The average Bonchev–Trinajstić information content (AvgIpc) is 2.89. The molecule has 5 rings (SSSR count). The fourth-order valence-electron chi connectivity index (χ4n) is 4.67. The number of fused-ring (bicyclic) bond motifs is 1. The summed E-state index contributed by atoms with van der Waals surface area (Å²) < 4.78 is 2.08. The van der Waals surface area contributed by atoms with E-state index in [0.29, 0.717) is 49.7 Å². The predicted octanol–water partition coefficient (Wildman–Crippen LogP) is 4.29. The molecule has 8 heteroatoms. The van der Waals surface area contributed by atoms with Crippen molar-refractivity contribution in [2.45, 2.75) is 13.8 Å².